The van der Waals surface area contributed by atoms with E-state index in [0.29, 0.717) is 5.92 Å². The summed E-state index contributed by atoms with van der Waals surface area (Å²) in [4.78, 5) is 12.2. The Bertz CT molecular complexity index is 450. The van der Waals surface area contributed by atoms with Gasteiger partial charge in [-0.3, -0.25) is 4.79 Å². The molecule has 1 aliphatic heterocycles. The van der Waals surface area contributed by atoms with E-state index in [1.807, 2.05) is 13.0 Å². The van der Waals surface area contributed by atoms with Crippen LogP contribution in [0.15, 0.2) is 24.3 Å². The molecule has 1 heterocycles. The number of hydrogen-bond acceptors (Lipinski definition) is 2. The van der Waals surface area contributed by atoms with Gasteiger partial charge >= 0.3 is 0 Å². The zero-order valence-electron chi connectivity index (χ0n) is 11.4. The number of nitrogens with one attached hydrogen (secondary N) is 2. The molecule has 0 saturated carbocycles. The molecule has 0 aromatic heterocycles. The smallest absolute Gasteiger partial charge is 0.237 e. The van der Waals surface area contributed by atoms with Crippen LogP contribution in [0.3, 0.4) is 0 Å². The summed E-state index contributed by atoms with van der Waals surface area (Å²) in [6, 6.07) is 6.04. The van der Waals surface area contributed by atoms with E-state index in [4.69, 9.17) is 0 Å². The first-order valence-corrected chi connectivity index (χ1v) is 6.87. The average Bonchev–Trinajstić information content (AvgIpc) is 2.39. The van der Waals surface area contributed by atoms with Gasteiger partial charge in [0.15, 0.2) is 0 Å². The zero-order chi connectivity index (χ0) is 13.8. The number of piperidine rings is 1. The lowest BCUT2D eigenvalue weighted by atomic mass is 9.92. The van der Waals surface area contributed by atoms with Crippen molar-refractivity contribution in [3.63, 3.8) is 0 Å². The molecule has 104 valence electrons. The molecule has 1 saturated heterocycles. The van der Waals surface area contributed by atoms with Gasteiger partial charge in [-0.25, -0.2) is 4.39 Å². The molecule has 2 unspecified atom stereocenters. The molecule has 1 fully saturated rings. The standard InChI is InChI=1S/C15H21FN2O/c1-10-5-4-8-17-14(10)15(19)18-11(2)12-6-3-7-13(16)9-12/h3,6-7,9-11,14,17H,4-5,8H2,1-2H3,(H,18,19)/t10?,11-,14?/m0/s1. The van der Waals surface area contributed by atoms with Crippen molar-refractivity contribution in [3.05, 3.63) is 35.6 Å². The van der Waals surface area contributed by atoms with Gasteiger partial charge in [0.1, 0.15) is 5.82 Å². The number of carbonyl (C=O) groups excluding carboxylic acids is 1. The monoisotopic (exact) mass is 264 g/mol. The fourth-order valence-corrected chi connectivity index (χ4v) is 2.56. The number of benzene rings is 1. The molecular weight excluding hydrogens is 243 g/mol. The van der Waals surface area contributed by atoms with Gasteiger partial charge in [0.25, 0.3) is 0 Å². The highest BCUT2D eigenvalue weighted by Crippen LogP contribution is 2.18. The average molecular weight is 264 g/mol. The van der Waals surface area contributed by atoms with Crippen LogP contribution >= 0.6 is 0 Å². The summed E-state index contributed by atoms with van der Waals surface area (Å²) in [7, 11) is 0. The van der Waals surface area contributed by atoms with E-state index in [2.05, 4.69) is 17.6 Å². The zero-order valence-corrected chi connectivity index (χ0v) is 11.4. The summed E-state index contributed by atoms with van der Waals surface area (Å²) in [6.07, 6.45) is 2.18. The molecule has 1 aromatic rings. The minimum absolute atomic E-state index is 0.00367. The maximum absolute atomic E-state index is 13.2. The Morgan fingerprint density at radius 2 is 2.32 bits per heavy atom. The molecular formula is C15H21FN2O. The maximum atomic E-state index is 13.2. The molecule has 1 aromatic carbocycles. The van der Waals surface area contributed by atoms with Crippen LogP contribution in [0.25, 0.3) is 0 Å². The molecule has 0 bridgehead atoms. The highest BCUT2D eigenvalue weighted by atomic mass is 19.1. The third-order valence-corrected chi connectivity index (χ3v) is 3.76. The Hall–Kier alpha value is -1.42. The van der Waals surface area contributed by atoms with E-state index >= 15 is 0 Å². The first kappa shape index (κ1) is 14.0. The first-order valence-electron chi connectivity index (χ1n) is 6.87. The predicted octanol–water partition coefficient (Wildman–Crippen LogP) is 2.39. The first-order chi connectivity index (χ1) is 9.08. The lowest BCUT2D eigenvalue weighted by Gasteiger charge is -2.30. The summed E-state index contributed by atoms with van der Waals surface area (Å²) < 4.78 is 13.2. The van der Waals surface area contributed by atoms with Crippen molar-refractivity contribution < 1.29 is 9.18 Å². The molecule has 4 heteroatoms. The summed E-state index contributed by atoms with van der Waals surface area (Å²) in [5.74, 6) is 0.0696. The Balaban J connectivity index is 1.98. The number of rotatable bonds is 3. The molecule has 2 N–H and O–H groups in total. The third kappa shape index (κ3) is 3.53. The Kier molecular flexibility index (Phi) is 4.53. The van der Waals surface area contributed by atoms with Crippen LogP contribution in [0.4, 0.5) is 4.39 Å². The summed E-state index contributed by atoms with van der Waals surface area (Å²) in [5.41, 5.74) is 0.789. The van der Waals surface area contributed by atoms with Gasteiger partial charge in [-0.15, -0.1) is 0 Å². The van der Waals surface area contributed by atoms with E-state index in [9.17, 15) is 9.18 Å². The molecule has 0 radical (unpaired) electrons. The Labute approximate surface area is 113 Å². The van der Waals surface area contributed by atoms with Crippen LogP contribution < -0.4 is 10.6 Å². The van der Waals surface area contributed by atoms with E-state index in [1.54, 1.807) is 6.07 Å². The van der Waals surface area contributed by atoms with Gasteiger partial charge in [-0.05, 0) is 49.9 Å². The van der Waals surface area contributed by atoms with E-state index < -0.39 is 0 Å². The summed E-state index contributed by atoms with van der Waals surface area (Å²) in [6.45, 7) is 4.85. The molecule has 3 nitrogen and oxygen atoms in total. The second kappa shape index (κ2) is 6.15. The van der Waals surface area contributed by atoms with Crippen molar-refractivity contribution >= 4 is 5.91 Å². The highest BCUT2D eigenvalue weighted by Gasteiger charge is 2.28. The van der Waals surface area contributed by atoms with E-state index in [1.165, 1.54) is 12.1 Å². The van der Waals surface area contributed by atoms with Crippen LogP contribution in [0.5, 0.6) is 0 Å². The molecule has 0 aliphatic carbocycles. The van der Waals surface area contributed by atoms with Crippen molar-refractivity contribution in [1.29, 1.82) is 0 Å². The van der Waals surface area contributed by atoms with E-state index in [0.717, 1.165) is 24.9 Å². The SMILES string of the molecule is CC1CCCNC1C(=O)N[C@@H](C)c1cccc(F)c1. The molecule has 1 amide bonds. The van der Waals surface area contributed by atoms with Crippen LogP contribution in [-0.2, 0) is 4.79 Å². The summed E-state index contributed by atoms with van der Waals surface area (Å²) in [5, 5.41) is 6.21. The van der Waals surface area contributed by atoms with Crippen molar-refractivity contribution in [2.75, 3.05) is 6.54 Å². The van der Waals surface area contributed by atoms with Gasteiger partial charge in [-0.2, -0.15) is 0 Å². The topological polar surface area (TPSA) is 41.1 Å². The number of amides is 1. The molecule has 3 atom stereocenters. The normalized spacial score (nSPS) is 24.8. The quantitative estimate of drug-likeness (QED) is 0.880. The minimum atomic E-state index is -0.275. The largest absolute Gasteiger partial charge is 0.348 e. The van der Waals surface area contributed by atoms with E-state index in [-0.39, 0.29) is 23.8 Å². The van der Waals surface area contributed by atoms with Crippen molar-refractivity contribution in [2.24, 2.45) is 5.92 Å². The molecule has 19 heavy (non-hydrogen) atoms. The van der Waals surface area contributed by atoms with Crippen LogP contribution in [0, 0.1) is 11.7 Å². The Morgan fingerprint density at radius 1 is 1.53 bits per heavy atom. The van der Waals surface area contributed by atoms with Crippen LogP contribution in [-0.4, -0.2) is 18.5 Å². The Morgan fingerprint density at radius 3 is 3.00 bits per heavy atom. The van der Waals surface area contributed by atoms with Gasteiger partial charge < -0.3 is 10.6 Å². The number of halogens is 1. The van der Waals surface area contributed by atoms with Gasteiger partial charge in [0, 0.05) is 0 Å². The number of hydrogen-bond donors (Lipinski definition) is 2. The highest BCUT2D eigenvalue weighted by molar-refractivity contribution is 5.82. The van der Waals surface area contributed by atoms with Crippen LogP contribution in [0.1, 0.15) is 38.3 Å². The maximum Gasteiger partial charge on any atom is 0.237 e. The number of carbonyl (C=O) groups is 1. The minimum Gasteiger partial charge on any atom is -0.348 e. The van der Waals surface area contributed by atoms with Gasteiger partial charge in [0.05, 0.1) is 12.1 Å². The predicted molar refractivity (Wildman–Crippen MR) is 73.1 cm³/mol. The fourth-order valence-electron chi connectivity index (χ4n) is 2.56. The summed E-state index contributed by atoms with van der Waals surface area (Å²) >= 11 is 0. The third-order valence-electron chi connectivity index (χ3n) is 3.76. The van der Waals surface area contributed by atoms with Crippen LogP contribution in [0.2, 0.25) is 0 Å². The molecule has 1 aliphatic rings. The fraction of sp³-hybridized carbons (Fsp3) is 0.533. The van der Waals surface area contributed by atoms with Crippen molar-refractivity contribution in [3.8, 4) is 0 Å². The lowest BCUT2D eigenvalue weighted by molar-refractivity contribution is -0.125. The lowest BCUT2D eigenvalue weighted by Crippen LogP contribution is -2.51. The second-order valence-corrected chi connectivity index (χ2v) is 5.34. The van der Waals surface area contributed by atoms with Gasteiger partial charge in [0.2, 0.25) is 5.91 Å². The molecule has 0 spiro atoms. The van der Waals surface area contributed by atoms with Crippen molar-refractivity contribution in [1.82, 2.24) is 10.6 Å². The van der Waals surface area contributed by atoms with Crippen molar-refractivity contribution in [2.45, 2.75) is 38.8 Å². The molecule has 2 rings (SSSR count). The van der Waals surface area contributed by atoms with Gasteiger partial charge in [-0.1, -0.05) is 19.1 Å². The second-order valence-electron chi connectivity index (χ2n) is 5.34.